The molecule has 1 saturated carbocycles. The molecular formula is C20H31NO2S. The van der Waals surface area contributed by atoms with Gasteiger partial charge in [0.25, 0.3) is 0 Å². The average Bonchev–Trinajstić information content (AvgIpc) is 2.66. The van der Waals surface area contributed by atoms with E-state index in [0.717, 1.165) is 41.5 Å². The number of nitrogens with zero attached hydrogens (tertiary/aromatic N) is 1. The zero-order valence-corrected chi connectivity index (χ0v) is 17.0. The normalized spacial score (nSPS) is 29.9. The minimum Gasteiger partial charge on any atom is -0.207 e. The van der Waals surface area contributed by atoms with Gasteiger partial charge < -0.3 is 0 Å². The molecule has 2 bridgehead atoms. The molecule has 1 aliphatic carbocycles. The Morgan fingerprint density at radius 3 is 2.08 bits per heavy atom. The molecule has 0 unspecified atom stereocenters. The summed E-state index contributed by atoms with van der Waals surface area (Å²) in [5, 5.41) is 0. The fraction of sp³-hybridized carbons (Fsp3) is 0.700. The second kappa shape index (κ2) is 5.31. The predicted molar refractivity (Wildman–Crippen MR) is 98.8 cm³/mol. The highest BCUT2D eigenvalue weighted by molar-refractivity contribution is 7.89. The van der Waals surface area contributed by atoms with Crippen LogP contribution in [0.25, 0.3) is 0 Å². The maximum Gasteiger partial charge on any atom is 0.243 e. The van der Waals surface area contributed by atoms with E-state index in [2.05, 4.69) is 26.8 Å². The van der Waals surface area contributed by atoms with E-state index in [9.17, 15) is 8.42 Å². The lowest BCUT2D eigenvalue weighted by atomic mass is 9.65. The number of fused-ring (bicyclic) bond motifs is 2. The second-order valence-electron chi connectivity index (χ2n) is 9.35. The number of hydrogen-bond acceptors (Lipinski definition) is 2. The van der Waals surface area contributed by atoms with Crippen LogP contribution in [0.5, 0.6) is 0 Å². The van der Waals surface area contributed by atoms with E-state index in [1.165, 1.54) is 0 Å². The van der Waals surface area contributed by atoms with Gasteiger partial charge in [-0.25, -0.2) is 8.42 Å². The van der Waals surface area contributed by atoms with E-state index in [1.54, 1.807) is 0 Å². The number of aryl methyl sites for hydroxylation is 2. The lowest BCUT2D eigenvalue weighted by Gasteiger charge is -2.39. The Balaban J connectivity index is 2.11. The van der Waals surface area contributed by atoms with E-state index in [1.807, 2.05) is 32.0 Å². The minimum atomic E-state index is -3.45. The van der Waals surface area contributed by atoms with Crippen LogP contribution >= 0.6 is 0 Å². The Morgan fingerprint density at radius 2 is 1.54 bits per heavy atom. The van der Waals surface area contributed by atoms with Crippen LogP contribution in [0.2, 0.25) is 0 Å². The maximum atomic E-state index is 13.6. The van der Waals surface area contributed by atoms with E-state index >= 15 is 0 Å². The smallest absolute Gasteiger partial charge is 0.207 e. The molecule has 1 aromatic rings. The highest BCUT2D eigenvalue weighted by atomic mass is 32.2. The SMILES string of the molecule is Cc1cc(C)c(C)c(S(=O)(=O)N2C[C@@]3(C)C[C@@H]2CC(C)(C)C3)c1C. The van der Waals surface area contributed by atoms with Crippen molar-refractivity contribution >= 4 is 10.0 Å². The fourth-order valence-electron chi connectivity index (χ4n) is 5.37. The van der Waals surface area contributed by atoms with Gasteiger partial charge in [-0.05, 0) is 80.0 Å². The monoisotopic (exact) mass is 349 g/mol. The van der Waals surface area contributed by atoms with E-state index in [4.69, 9.17) is 0 Å². The molecule has 1 saturated heterocycles. The second-order valence-corrected chi connectivity index (χ2v) is 11.2. The fourth-order valence-corrected chi connectivity index (χ4v) is 7.73. The molecule has 0 radical (unpaired) electrons. The van der Waals surface area contributed by atoms with Crippen LogP contribution in [-0.4, -0.2) is 25.3 Å². The average molecular weight is 350 g/mol. The summed E-state index contributed by atoms with van der Waals surface area (Å²) in [6, 6.07) is 2.24. The van der Waals surface area contributed by atoms with Gasteiger partial charge in [0.1, 0.15) is 0 Å². The molecule has 134 valence electrons. The van der Waals surface area contributed by atoms with Crippen LogP contribution in [0, 0.1) is 38.5 Å². The molecular weight excluding hydrogens is 318 g/mol. The van der Waals surface area contributed by atoms with E-state index in [-0.39, 0.29) is 16.9 Å². The Morgan fingerprint density at radius 1 is 1.00 bits per heavy atom. The molecule has 2 aliphatic rings. The molecule has 0 spiro atoms. The summed E-state index contributed by atoms with van der Waals surface area (Å²) in [4.78, 5) is 0.550. The van der Waals surface area contributed by atoms with Gasteiger partial charge in [0.2, 0.25) is 10.0 Å². The third-order valence-electron chi connectivity index (χ3n) is 6.23. The van der Waals surface area contributed by atoms with Crippen LogP contribution < -0.4 is 0 Å². The first kappa shape index (κ1) is 17.9. The molecule has 3 rings (SSSR count). The van der Waals surface area contributed by atoms with Gasteiger partial charge in [-0.1, -0.05) is 26.8 Å². The van der Waals surface area contributed by atoms with Crippen molar-refractivity contribution in [3.05, 3.63) is 28.3 Å². The number of benzene rings is 1. The summed E-state index contributed by atoms with van der Waals surface area (Å²) < 4.78 is 29.0. The van der Waals surface area contributed by atoms with Crippen molar-refractivity contribution in [3.63, 3.8) is 0 Å². The summed E-state index contributed by atoms with van der Waals surface area (Å²) in [6.07, 6.45) is 3.07. The Bertz CT molecular complexity index is 768. The summed E-state index contributed by atoms with van der Waals surface area (Å²) in [5.41, 5.74) is 4.26. The van der Waals surface area contributed by atoms with E-state index in [0.29, 0.717) is 11.4 Å². The first-order valence-electron chi connectivity index (χ1n) is 8.96. The van der Waals surface area contributed by atoms with Gasteiger partial charge in [-0.3, -0.25) is 0 Å². The maximum absolute atomic E-state index is 13.6. The van der Waals surface area contributed by atoms with E-state index < -0.39 is 10.0 Å². The quantitative estimate of drug-likeness (QED) is 0.788. The number of rotatable bonds is 2. The van der Waals surface area contributed by atoms with Gasteiger partial charge >= 0.3 is 0 Å². The Labute approximate surface area is 147 Å². The molecule has 3 nitrogen and oxygen atoms in total. The number of sulfonamides is 1. The van der Waals surface area contributed by atoms with Crippen molar-refractivity contribution in [2.45, 2.75) is 78.7 Å². The van der Waals surface area contributed by atoms with Gasteiger partial charge in [-0.15, -0.1) is 0 Å². The summed E-state index contributed by atoms with van der Waals surface area (Å²) in [5.74, 6) is 0. The van der Waals surface area contributed by atoms with Crippen molar-refractivity contribution < 1.29 is 8.42 Å². The largest absolute Gasteiger partial charge is 0.243 e. The van der Waals surface area contributed by atoms with Crippen LogP contribution in [0.15, 0.2) is 11.0 Å². The molecule has 4 heteroatoms. The molecule has 2 fully saturated rings. The lowest BCUT2D eigenvalue weighted by molar-refractivity contribution is 0.133. The van der Waals surface area contributed by atoms with Crippen molar-refractivity contribution in [1.29, 1.82) is 0 Å². The first-order chi connectivity index (χ1) is 10.9. The highest BCUT2D eigenvalue weighted by Crippen LogP contribution is 2.54. The van der Waals surface area contributed by atoms with Gasteiger partial charge in [0.05, 0.1) is 4.90 Å². The Kier molecular flexibility index (Phi) is 3.97. The molecule has 1 aromatic carbocycles. The third kappa shape index (κ3) is 2.72. The molecule has 2 atom stereocenters. The predicted octanol–water partition coefficient (Wildman–Crippen LogP) is 4.51. The standard InChI is InChI=1S/C20H31NO2S/c1-13-8-14(2)16(4)18(15(13)3)24(22,23)21-12-20(7)10-17(21)9-19(5,6)11-20/h8,17H,9-12H2,1-7H3/t17-,20-/m0/s1. The van der Waals surface area contributed by atoms with Crippen molar-refractivity contribution in [3.8, 4) is 0 Å². The summed E-state index contributed by atoms with van der Waals surface area (Å²) in [7, 11) is -3.45. The molecule has 0 N–H and O–H groups in total. The van der Waals surface area contributed by atoms with Gasteiger partial charge in [0, 0.05) is 12.6 Å². The zero-order chi connectivity index (χ0) is 18.1. The molecule has 0 amide bonds. The van der Waals surface area contributed by atoms with Crippen LogP contribution in [0.4, 0.5) is 0 Å². The first-order valence-corrected chi connectivity index (χ1v) is 10.4. The zero-order valence-electron chi connectivity index (χ0n) is 16.2. The molecule has 24 heavy (non-hydrogen) atoms. The highest BCUT2D eigenvalue weighted by Gasteiger charge is 2.53. The minimum absolute atomic E-state index is 0.111. The molecule has 1 aliphatic heterocycles. The third-order valence-corrected chi connectivity index (χ3v) is 8.40. The van der Waals surface area contributed by atoms with Gasteiger partial charge in [-0.2, -0.15) is 4.31 Å². The Hall–Kier alpha value is -0.870. The van der Waals surface area contributed by atoms with Crippen molar-refractivity contribution in [2.24, 2.45) is 10.8 Å². The topological polar surface area (TPSA) is 37.4 Å². The van der Waals surface area contributed by atoms with Crippen LogP contribution in [0.3, 0.4) is 0 Å². The van der Waals surface area contributed by atoms with Crippen molar-refractivity contribution in [2.75, 3.05) is 6.54 Å². The summed E-state index contributed by atoms with van der Waals surface area (Å²) in [6.45, 7) is 15.4. The number of hydrogen-bond donors (Lipinski definition) is 0. The van der Waals surface area contributed by atoms with Crippen molar-refractivity contribution in [1.82, 2.24) is 4.31 Å². The van der Waals surface area contributed by atoms with Crippen LogP contribution in [-0.2, 0) is 10.0 Å². The molecule has 0 aromatic heterocycles. The molecule has 1 heterocycles. The summed E-state index contributed by atoms with van der Waals surface area (Å²) >= 11 is 0. The van der Waals surface area contributed by atoms with Crippen LogP contribution in [0.1, 0.15) is 62.3 Å². The lowest BCUT2D eigenvalue weighted by Crippen LogP contribution is -2.38. The van der Waals surface area contributed by atoms with Gasteiger partial charge in [0.15, 0.2) is 0 Å².